The van der Waals surface area contributed by atoms with E-state index in [9.17, 15) is 4.79 Å². The number of primary amides is 1. The number of amides is 1. The first kappa shape index (κ1) is 10.6. The van der Waals surface area contributed by atoms with E-state index in [0.29, 0.717) is 17.7 Å². The van der Waals surface area contributed by atoms with E-state index < -0.39 is 11.4 Å². The first-order chi connectivity index (χ1) is 7.64. The van der Waals surface area contributed by atoms with E-state index in [1.54, 1.807) is 12.3 Å². The van der Waals surface area contributed by atoms with Crippen molar-refractivity contribution in [3.63, 3.8) is 0 Å². The molecule has 16 heavy (non-hydrogen) atoms. The van der Waals surface area contributed by atoms with Crippen LogP contribution in [0.2, 0.25) is 0 Å². The van der Waals surface area contributed by atoms with E-state index in [-0.39, 0.29) is 0 Å². The van der Waals surface area contributed by atoms with Crippen molar-refractivity contribution in [1.29, 1.82) is 0 Å². The molecule has 1 aliphatic rings. The number of carbonyl (C=O) groups is 1. The van der Waals surface area contributed by atoms with E-state index in [2.05, 4.69) is 4.98 Å². The van der Waals surface area contributed by atoms with Gasteiger partial charge in [-0.2, -0.15) is 0 Å². The normalized spacial score (nSPS) is 23.9. The topological polar surface area (TPSA) is 82.0 Å². The summed E-state index contributed by atoms with van der Waals surface area (Å²) in [6, 6.07) is 5.48. The molecular formula is C12H13N3O. The largest absolute Gasteiger partial charge is 0.368 e. The van der Waals surface area contributed by atoms with Gasteiger partial charge in [0.15, 0.2) is 0 Å². The van der Waals surface area contributed by atoms with Crippen molar-refractivity contribution < 1.29 is 4.79 Å². The summed E-state index contributed by atoms with van der Waals surface area (Å²) in [5, 5.41) is 0. The van der Waals surface area contributed by atoms with E-state index in [1.807, 2.05) is 30.4 Å². The molecule has 82 valence electrons. The standard InChI is InChI=1S/C12H13N3O/c13-11(16)12(14)7-3-1-5-9(12)10-6-2-4-8-15-10/h1-6,8H,7,14H2,(H2,13,16). The molecular weight excluding hydrogens is 202 g/mol. The third-order valence-corrected chi connectivity index (χ3v) is 2.70. The molecule has 1 aliphatic carbocycles. The summed E-state index contributed by atoms with van der Waals surface area (Å²) in [4.78, 5) is 15.6. The molecule has 1 aromatic rings. The SMILES string of the molecule is NC(=O)C1(N)CC=CC=C1c1ccccn1. The number of hydrogen-bond acceptors (Lipinski definition) is 3. The molecule has 0 saturated carbocycles. The number of carbonyl (C=O) groups excluding carboxylic acids is 1. The third kappa shape index (κ3) is 1.63. The molecule has 2 rings (SSSR count). The molecule has 4 N–H and O–H groups in total. The van der Waals surface area contributed by atoms with E-state index in [1.165, 1.54) is 0 Å². The molecule has 0 aromatic carbocycles. The van der Waals surface area contributed by atoms with Gasteiger partial charge < -0.3 is 11.5 Å². The summed E-state index contributed by atoms with van der Waals surface area (Å²) in [6.45, 7) is 0. The lowest BCUT2D eigenvalue weighted by atomic mass is 9.81. The van der Waals surface area contributed by atoms with Crippen LogP contribution in [0.1, 0.15) is 12.1 Å². The van der Waals surface area contributed by atoms with Crippen LogP contribution in [0.3, 0.4) is 0 Å². The number of pyridine rings is 1. The zero-order valence-electron chi connectivity index (χ0n) is 8.76. The highest BCUT2D eigenvalue weighted by Gasteiger charge is 2.37. The van der Waals surface area contributed by atoms with Gasteiger partial charge in [-0.25, -0.2) is 0 Å². The predicted octanol–water partition coefficient (Wildman–Crippen LogP) is 0.608. The second-order valence-corrected chi connectivity index (χ2v) is 3.76. The highest BCUT2D eigenvalue weighted by atomic mass is 16.1. The zero-order chi connectivity index (χ0) is 11.6. The average Bonchev–Trinajstić information content (AvgIpc) is 2.30. The van der Waals surface area contributed by atoms with Crippen molar-refractivity contribution in [2.45, 2.75) is 12.0 Å². The van der Waals surface area contributed by atoms with Crippen LogP contribution < -0.4 is 11.5 Å². The molecule has 1 unspecified atom stereocenters. The van der Waals surface area contributed by atoms with Gasteiger partial charge >= 0.3 is 0 Å². The Morgan fingerprint density at radius 3 is 2.88 bits per heavy atom. The average molecular weight is 215 g/mol. The number of nitrogens with zero attached hydrogens (tertiary/aromatic N) is 1. The summed E-state index contributed by atoms with van der Waals surface area (Å²) in [6.07, 6.45) is 7.55. The second-order valence-electron chi connectivity index (χ2n) is 3.76. The van der Waals surface area contributed by atoms with Gasteiger partial charge in [-0.05, 0) is 18.6 Å². The van der Waals surface area contributed by atoms with Crippen LogP contribution in [0, 0.1) is 0 Å². The lowest BCUT2D eigenvalue weighted by molar-refractivity contribution is -0.121. The molecule has 1 atom stereocenters. The Kier molecular flexibility index (Phi) is 2.58. The van der Waals surface area contributed by atoms with Gasteiger partial charge in [0.1, 0.15) is 5.54 Å². The van der Waals surface area contributed by atoms with E-state index >= 15 is 0 Å². The zero-order valence-corrected chi connectivity index (χ0v) is 8.76. The molecule has 0 bridgehead atoms. The molecule has 1 aromatic heterocycles. The number of rotatable bonds is 2. The molecule has 4 nitrogen and oxygen atoms in total. The second kappa shape index (κ2) is 3.90. The van der Waals surface area contributed by atoms with E-state index in [0.717, 1.165) is 0 Å². The van der Waals surface area contributed by atoms with Gasteiger partial charge in [0.05, 0.1) is 5.69 Å². The third-order valence-electron chi connectivity index (χ3n) is 2.70. The minimum atomic E-state index is -1.15. The number of allylic oxidation sites excluding steroid dienone is 2. The van der Waals surface area contributed by atoms with Crippen LogP contribution in [0.5, 0.6) is 0 Å². The summed E-state index contributed by atoms with van der Waals surface area (Å²) < 4.78 is 0. The Morgan fingerprint density at radius 1 is 1.44 bits per heavy atom. The van der Waals surface area contributed by atoms with Crippen LogP contribution in [0.4, 0.5) is 0 Å². The molecule has 0 saturated heterocycles. The number of nitrogens with two attached hydrogens (primary N) is 2. The van der Waals surface area contributed by atoms with Crippen molar-refractivity contribution in [1.82, 2.24) is 4.98 Å². The van der Waals surface area contributed by atoms with Crippen molar-refractivity contribution in [3.05, 3.63) is 48.3 Å². The van der Waals surface area contributed by atoms with Crippen molar-refractivity contribution in [2.75, 3.05) is 0 Å². The number of aromatic nitrogens is 1. The Labute approximate surface area is 93.7 Å². The Bertz CT molecular complexity index is 464. The highest BCUT2D eigenvalue weighted by molar-refractivity contribution is 6.00. The van der Waals surface area contributed by atoms with Gasteiger partial charge in [0.2, 0.25) is 5.91 Å². The fourth-order valence-electron chi connectivity index (χ4n) is 1.75. The lowest BCUT2D eigenvalue weighted by Crippen LogP contribution is -2.53. The number of hydrogen-bond donors (Lipinski definition) is 2. The van der Waals surface area contributed by atoms with Crippen LogP contribution in [0.25, 0.3) is 5.57 Å². The molecule has 1 heterocycles. The quantitative estimate of drug-likeness (QED) is 0.758. The maximum Gasteiger partial charge on any atom is 0.242 e. The maximum atomic E-state index is 11.5. The summed E-state index contributed by atoms with van der Waals surface area (Å²) in [7, 11) is 0. The van der Waals surface area contributed by atoms with Crippen molar-refractivity contribution in [3.8, 4) is 0 Å². The molecule has 1 amide bonds. The first-order valence-electron chi connectivity index (χ1n) is 5.02. The van der Waals surface area contributed by atoms with Gasteiger partial charge in [-0.3, -0.25) is 9.78 Å². The van der Waals surface area contributed by atoms with Crippen molar-refractivity contribution >= 4 is 11.5 Å². The Hall–Kier alpha value is -1.94. The Balaban J connectivity index is 2.49. The molecule has 0 radical (unpaired) electrons. The maximum absolute atomic E-state index is 11.5. The van der Waals surface area contributed by atoms with E-state index in [4.69, 9.17) is 11.5 Å². The summed E-state index contributed by atoms with van der Waals surface area (Å²) in [5.41, 5.74) is 11.6. The van der Waals surface area contributed by atoms with Crippen LogP contribution in [-0.2, 0) is 4.79 Å². The lowest BCUT2D eigenvalue weighted by Gasteiger charge is -2.29. The fraction of sp³-hybridized carbons (Fsp3) is 0.167. The summed E-state index contributed by atoms with van der Waals surface area (Å²) in [5.74, 6) is -0.534. The van der Waals surface area contributed by atoms with Crippen LogP contribution in [0.15, 0.2) is 42.6 Å². The van der Waals surface area contributed by atoms with Gasteiger partial charge in [0.25, 0.3) is 0 Å². The monoisotopic (exact) mass is 215 g/mol. The minimum Gasteiger partial charge on any atom is -0.368 e. The van der Waals surface area contributed by atoms with Crippen molar-refractivity contribution in [2.24, 2.45) is 11.5 Å². The summed E-state index contributed by atoms with van der Waals surface area (Å²) >= 11 is 0. The van der Waals surface area contributed by atoms with Gasteiger partial charge in [0, 0.05) is 11.8 Å². The highest BCUT2D eigenvalue weighted by Crippen LogP contribution is 2.30. The first-order valence-corrected chi connectivity index (χ1v) is 5.02. The van der Waals surface area contributed by atoms with Crippen LogP contribution in [-0.4, -0.2) is 16.4 Å². The molecule has 0 spiro atoms. The fourth-order valence-corrected chi connectivity index (χ4v) is 1.75. The smallest absolute Gasteiger partial charge is 0.242 e. The van der Waals surface area contributed by atoms with Gasteiger partial charge in [-0.15, -0.1) is 0 Å². The minimum absolute atomic E-state index is 0.407. The molecule has 0 aliphatic heterocycles. The predicted molar refractivity (Wildman–Crippen MR) is 62.1 cm³/mol. The molecule has 0 fully saturated rings. The Morgan fingerprint density at radius 2 is 2.25 bits per heavy atom. The van der Waals surface area contributed by atoms with Crippen LogP contribution >= 0.6 is 0 Å². The molecule has 4 heteroatoms. The van der Waals surface area contributed by atoms with Gasteiger partial charge in [-0.1, -0.05) is 24.3 Å².